The van der Waals surface area contributed by atoms with Crippen LogP contribution in [0.2, 0.25) is 0 Å². The van der Waals surface area contributed by atoms with Crippen molar-refractivity contribution in [1.82, 2.24) is 15.2 Å². The lowest BCUT2D eigenvalue weighted by Gasteiger charge is -2.31. The minimum atomic E-state index is -1.82. The molecule has 3 aromatic rings. The van der Waals surface area contributed by atoms with Gasteiger partial charge in [-0.15, -0.1) is 0 Å². The van der Waals surface area contributed by atoms with Crippen LogP contribution < -0.4 is 21.1 Å². The molecular formula is C43H52F4N6O6. The maximum atomic E-state index is 14.0. The summed E-state index contributed by atoms with van der Waals surface area (Å²) in [7, 11) is 0. The first-order valence-corrected chi connectivity index (χ1v) is 19.6. The fourth-order valence-corrected chi connectivity index (χ4v) is 6.13. The van der Waals surface area contributed by atoms with Gasteiger partial charge in [-0.25, -0.2) is 13.8 Å². The summed E-state index contributed by atoms with van der Waals surface area (Å²) in [6, 6.07) is 6.69. The van der Waals surface area contributed by atoms with Crippen LogP contribution in [-0.4, -0.2) is 64.7 Å². The summed E-state index contributed by atoms with van der Waals surface area (Å²) >= 11 is 0. The van der Waals surface area contributed by atoms with Gasteiger partial charge in [0.15, 0.2) is 11.6 Å². The van der Waals surface area contributed by atoms with E-state index in [0.29, 0.717) is 59.6 Å². The van der Waals surface area contributed by atoms with Crippen LogP contribution in [0.25, 0.3) is 6.08 Å². The number of nitrogens with one attached hydrogen (secondary N) is 2. The minimum Gasteiger partial charge on any atom is -0.420 e. The number of halogens is 4. The molecule has 12 nitrogen and oxygen atoms in total. The van der Waals surface area contributed by atoms with Crippen LogP contribution in [0, 0.1) is 28.7 Å². The van der Waals surface area contributed by atoms with E-state index in [-0.39, 0.29) is 56.1 Å². The van der Waals surface area contributed by atoms with Gasteiger partial charge in [-0.3, -0.25) is 24.2 Å². The molecule has 0 fully saturated rings. The van der Waals surface area contributed by atoms with Gasteiger partial charge in [0.05, 0.1) is 28.6 Å². The molecule has 2 aromatic carbocycles. The van der Waals surface area contributed by atoms with Crippen molar-refractivity contribution < 1.29 is 46.2 Å². The lowest BCUT2D eigenvalue weighted by molar-refractivity contribution is -0.146. The van der Waals surface area contributed by atoms with Gasteiger partial charge < -0.3 is 30.7 Å². The Morgan fingerprint density at radius 1 is 0.915 bits per heavy atom. The smallest absolute Gasteiger partial charge is 0.317 e. The molecule has 0 aliphatic carbocycles. The predicted molar refractivity (Wildman–Crippen MR) is 216 cm³/mol. The number of aromatic nitrogens is 1. The molecule has 0 bridgehead atoms. The highest BCUT2D eigenvalue weighted by molar-refractivity contribution is 6.08. The van der Waals surface area contributed by atoms with Crippen LogP contribution in [0.3, 0.4) is 0 Å². The van der Waals surface area contributed by atoms with Gasteiger partial charge >= 0.3 is 5.97 Å². The van der Waals surface area contributed by atoms with Crippen molar-refractivity contribution in [2.75, 3.05) is 25.0 Å². The Balaban J connectivity index is 1.29. The topological polar surface area (TPSA) is 165 Å². The lowest BCUT2D eigenvalue weighted by Crippen LogP contribution is -2.35. The van der Waals surface area contributed by atoms with Gasteiger partial charge in [0, 0.05) is 68.0 Å². The minimum absolute atomic E-state index is 0.00351. The highest BCUT2D eigenvalue weighted by Gasteiger charge is 2.34. The van der Waals surface area contributed by atoms with Crippen LogP contribution in [-0.2, 0) is 25.7 Å². The Hall–Kier alpha value is -5.64. The molecule has 0 saturated heterocycles. The number of pyridine rings is 1. The standard InChI is InChI=1S/C43H52F4N6O6/c1-7-15-53(16-8-2)40(56)29-19-27-10-11-28(20-33(27)52-34(48)21-29)39(55)51-30-18-26(23-49-25-30)24-50-35(54)12-13-43(6,9-3)58-17-14-42(4,5)41(57)59-38-36(46)31(44)22-32(45)37(38)47/h10-11,18-20,22-23,25H,7-9,12-17,21,24H2,1-6H3,(H2,48,52)(H,50,54)(H,51,55). The molecular weight excluding hydrogens is 773 g/mol. The molecule has 0 saturated carbocycles. The number of carbonyl (C=O) groups is 4. The van der Waals surface area contributed by atoms with E-state index in [9.17, 15) is 36.7 Å². The van der Waals surface area contributed by atoms with Gasteiger partial charge in [0.2, 0.25) is 29.2 Å². The summed E-state index contributed by atoms with van der Waals surface area (Å²) in [6.07, 6.45) is 7.62. The lowest BCUT2D eigenvalue weighted by atomic mass is 9.89. The van der Waals surface area contributed by atoms with Crippen LogP contribution in [0.5, 0.6) is 5.75 Å². The molecule has 0 spiro atoms. The molecule has 4 rings (SSSR count). The van der Waals surface area contributed by atoms with Crippen molar-refractivity contribution >= 4 is 47.0 Å². The number of carbonyl (C=O) groups excluding carboxylic acids is 4. The van der Waals surface area contributed by atoms with Gasteiger partial charge in [-0.2, -0.15) is 8.78 Å². The van der Waals surface area contributed by atoms with Crippen LogP contribution in [0.1, 0.15) is 108 Å². The molecule has 0 radical (unpaired) electrons. The number of hydrogen-bond donors (Lipinski definition) is 3. The van der Waals surface area contributed by atoms with Crippen molar-refractivity contribution in [3.05, 3.63) is 88.3 Å². The first-order chi connectivity index (χ1) is 27.9. The fraction of sp³-hybridized carbons (Fsp3) is 0.442. The number of aliphatic imine (C=N–C) groups is 1. The summed E-state index contributed by atoms with van der Waals surface area (Å²) in [6.45, 7) is 12.0. The normalized spacial score (nSPS) is 13.6. The second-order valence-corrected chi connectivity index (χ2v) is 15.3. The van der Waals surface area contributed by atoms with Gasteiger partial charge in [0.1, 0.15) is 5.84 Å². The van der Waals surface area contributed by atoms with Gasteiger partial charge in [0.25, 0.3) is 5.91 Å². The molecule has 1 aliphatic heterocycles. The Labute approximate surface area is 341 Å². The number of nitrogens with zero attached hydrogens (tertiary/aromatic N) is 3. The summed E-state index contributed by atoms with van der Waals surface area (Å²) < 4.78 is 66.0. The van der Waals surface area contributed by atoms with E-state index in [1.165, 1.54) is 20.0 Å². The van der Waals surface area contributed by atoms with E-state index in [1.54, 1.807) is 43.5 Å². The number of amides is 3. The molecule has 2 heterocycles. The van der Waals surface area contributed by atoms with Gasteiger partial charge in [-0.1, -0.05) is 26.8 Å². The highest BCUT2D eigenvalue weighted by atomic mass is 19.2. The number of benzene rings is 2. The third-order valence-electron chi connectivity index (χ3n) is 9.97. The molecule has 1 unspecified atom stereocenters. The second-order valence-electron chi connectivity index (χ2n) is 15.3. The average Bonchev–Trinajstić information content (AvgIpc) is 3.37. The molecule has 16 heteroatoms. The SMILES string of the molecule is CCCN(CCC)C(=O)C1=Cc2ccc(C(=O)Nc3cncc(CNC(=O)CCC(C)(CC)OCCC(C)(C)C(=O)Oc4c(F)c(F)cc(F)c4F)c3)cc2N=C(N)C1. The maximum absolute atomic E-state index is 14.0. The number of hydrogen-bond acceptors (Lipinski definition) is 9. The Morgan fingerprint density at radius 2 is 1.59 bits per heavy atom. The number of anilines is 1. The van der Waals surface area contributed by atoms with Crippen molar-refractivity contribution in [2.24, 2.45) is 16.1 Å². The molecule has 1 aromatic heterocycles. The predicted octanol–water partition coefficient (Wildman–Crippen LogP) is 7.92. The molecule has 59 heavy (non-hydrogen) atoms. The fourth-order valence-electron chi connectivity index (χ4n) is 6.13. The summed E-state index contributed by atoms with van der Waals surface area (Å²) in [4.78, 5) is 62.7. The number of esters is 1. The number of nitrogens with two attached hydrogens (primary N) is 1. The van der Waals surface area contributed by atoms with Crippen molar-refractivity contribution in [2.45, 2.75) is 98.6 Å². The third-order valence-corrected chi connectivity index (χ3v) is 9.97. The molecule has 3 amide bonds. The number of rotatable bonds is 19. The van der Waals surface area contributed by atoms with Crippen molar-refractivity contribution in [1.29, 1.82) is 0 Å². The number of ether oxygens (including phenoxy) is 2. The van der Waals surface area contributed by atoms with E-state index in [1.807, 2.05) is 25.7 Å². The molecule has 1 atom stereocenters. The van der Waals surface area contributed by atoms with E-state index < -0.39 is 51.9 Å². The van der Waals surface area contributed by atoms with Gasteiger partial charge in [-0.05, 0) is 82.7 Å². The second kappa shape index (κ2) is 20.4. The average molecular weight is 825 g/mol. The largest absolute Gasteiger partial charge is 0.420 e. The quantitative estimate of drug-likeness (QED) is 0.0475. The summed E-state index contributed by atoms with van der Waals surface area (Å²) in [5, 5.41) is 5.66. The first kappa shape index (κ1) is 46.1. The monoisotopic (exact) mass is 824 g/mol. The van der Waals surface area contributed by atoms with Crippen LogP contribution >= 0.6 is 0 Å². The van der Waals surface area contributed by atoms with Crippen LogP contribution in [0.15, 0.2) is 53.3 Å². The number of fused-ring (bicyclic) bond motifs is 1. The Morgan fingerprint density at radius 3 is 2.24 bits per heavy atom. The summed E-state index contributed by atoms with van der Waals surface area (Å²) in [5.74, 6) is -10.1. The molecule has 318 valence electrons. The zero-order chi connectivity index (χ0) is 43.5. The zero-order valence-corrected chi connectivity index (χ0v) is 34.3. The molecule has 1 aliphatic rings. The van der Waals surface area contributed by atoms with Crippen molar-refractivity contribution in [3.63, 3.8) is 0 Å². The van der Waals surface area contributed by atoms with E-state index in [4.69, 9.17) is 15.2 Å². The van der Waals surface area contributed by atoms with E-state index >= 15 is 0 Å². The van der Waals surface area contributed by atoms with E-state index in [0.717, 1.165) is 12.8 Å². The number of amidine groups is 1. The first-order valence-electron chi connectivity index (χ1n) is 19.6. The highest BCUT2D eigenvalue weighted by Crippen LogP contribution is 2.32. The van der Waals surface area contributed by atoms with Crippen molar-refractivity contribution in [3.8, 4) is 5.75 Å². The Kier molecular flexibility index (Phi) is 15.9. The maximum Gasteiger partial charge on any atom is 0.317 e. The van der Waals surface area contributed by atoms with Crippen LogP contribution in [0.4, 0.5) is 28.9 Å². The Bertz CT molecular complexity index is 2080. The third kappa shape index (κ3) is 12.4. The summed E-state index contributed by atoms with van der Waals surface area (Å²) in [5.41, 5.74) is 7.10. The van der Waals surface area contributed by atoms with E-state index in [2.05, 4.69) is 20.6 Å². The molecule has 4 N–H and O–H groups in total. The zero-order valence-electron chi connectivity index (χ0n) is 34.3.